The van der Waals surface area contributed by atoms with Crippen molar-refractivity contribution < 1.29 is 19.2 Å². The van der Waals surface area contributed by atoms with E-state index in [2.05, 4.69) is 10.6 Å². The Labute approximate surface area is 207 Å². The van der Waals surface area contributed by atoms with Crippen LogP contribution in [-0.2, 0) is 19.2 Å². The number of nitrogens with one attached hydrogen (secondary N) is 2. The number of benzene rings is 2. The number of rotatable bonds is 12. The summed E-state index contributed by atoms with van der Waals surface area (Å²) in [7, 11) is 3.41. The first kappa shape index (κ1) is 27.6. The topological polar surface area (TPSA) is 98.8 Å². The lowest BCUT2D eigenvalue weighted by Gasteiger charge is -2.15. The third-order valence-electron chi connectivity index (χ3n) is 5.83. The van der Waals surface area contributed by atoms with Crippen molar-refractivity contribution in [2.45, 2.75) is 58.8 Å². The van der Waals surface area contributed by atoms with E-state index in [1.54, 1.807) is 72.4 Å². The number of anilines is 4. The predicted molar refractivity (Wildman–Crippen MR) is 141 cm³/mol. The third-order valence-corrected chi connectivity index (χ3v) is 5.83. The van der Waals surface area contributed by atoms with E-state index < -0.39 is 0 Å². The fourth-order valence-corrected chi connectivity index (χ4v) is 3.45. The zero-order chi connectivity index (χ0) is 25.8. The van der Waals surface area contributed by atoms with Crippen LogP contribution in [0.5, 0.6) is 0 Å². The van der Waals surface area contributed by atoms with Crippen molar-refractivity contribution in [2.24, 2.45) is 0 Å². The summed E-state index contributed by atoms with van der Waals surface area (Å²) in [6.07, 6.45) is 5.33. The van der Waals surface area contributed by atoms with Crippen LogP contribution in [0.3, 0.4) is 0 Å². The zero-order valence-electron chi connectivity index (χ0n) is 21.1. The minimum atomic E-state index is -0.0487. The lowest BCUT2D eigenvalue weighted by Crippen LogP contribution is -2.22. The molecule has 2 rings (SSSR count). The molecule has 0 radical (unpaired) electrons. The second kappa shape index (κ2) is 13.9. The Morgan fingerprint density at radius 1 is 0.571 bits per heavy atom. The fraction of sp³-hybridized carbons (Fsp3) is 0.407. The van der Waals surface area contributed by atoms with E-state index >= 15 is 0 Å². The molecule has 0 aromatic heterocycles. The predicted octanol–water partition coefficient (Wildman–Crippen LogP) is 4.96. The second-order valence-corrected chi connectivity index (χ2v) is 8.61. The SMILES string of the molecule is CC(=O)N(C)c1ccc(NC(=O)CCCCCCCC(=O)Nc2ccc(N(C)C(C)=O)cc2)cc1. The molecule has 8 nitrogen and oxygen atoms in total. The maximum Gasteiger partial charge on any atom is 0.224 e. The Kier molecular flexibility index (Phi) is 10.9. The van der Waals surface area contributed by atoms with Gasteiger partial charge in [-0.15, -0.1) is 0 Å². The first-order valence-electron chi connectivity index (χ1n) is 12.0. The van der Waals surface area contributed by atoms with Gasteiger partial charge in [-0.1, -0.05) is 19.3 Å². The summed E-state index contributed by atoms with van der Waals surface area (Å²) in [6.45, 7) is 3.00. The highest BCUT2D eigenvalue weighted by molar-refractivity contribution is 5.94. The van der Waals surface area contributed by atoms with Crippen LogP contribution >= 0.6 is 0 Å². The van der Waals surface area contributed by atoms with E-state index in [9.17, 15) is 19.2 Å². The Balaban J connectivity index is 1.56. The Bertz CT molecular complexity index is 921. The minimum Gasteiger partial charge on any atom is -0.326 e. The van der Waals surface area contributed by atoms with Crippen molar-refractivity contribution >= 4 is 46.4 Å². The van der Waals surface area contributed by atoms with Gasteiger partial charge in [0.2, 0.25) is 23.6 Å². The number of nitrogens with zero attached hydrogens (tertiary/aromatic N) is 2. The molecule has 8 heteroatoms. The highest BCUT2D eigenvalue weighted by atomic mass is 16.2. The largest absolute Gasteiger partial charge is 0.326 e. The van der Waals surface area contributed by atoms with Crippen molar-refractivity contribution in [1.82, 2.24) is 0 Å². The van der Waals surface area contributed by atoms with Gasteiger partial charge in [0.1, 0.15) is 0 Å². The molecule has 0 atom stereocenters. The summed E-state index contributed by atoms with van der Waals surface area (Å²) >= 11 is 0. The minimum absolute atomic E-state index is 0.0300. The number of unbranched alkanes of at least 4 members (excludes halogenated alkanes) is 4. The van der Waals surface area contributed by atoms with Gasteiger partial charge >= 0.3 is 0 Å². The van der Waals surface area contributed by atoms with E-state index in [0.717, 1.165) is 43.5 Å². The summed E-state index contributed by atoms with van der Waals surface area (Å²) in [5.74, 6) is -0.158. The van der Waals surface area contributed by atoms with Gasteiger partial charge in [0, 0.05) is 63.5 Å². The van der Waals surface area contributed by atoms with Gasteiger partial charge in [0.15, 0.2) is 0 Å². The molecule has 188 valence electrons. The lowest BCUT2D eigenvalue weighted by atomic mass is 10.1. The first-order valence-corrected chi connectivity index (χ1v) is 12.0. The number of hydrogen-bond donors (Lipinski definition) is 2. The first-order chi connectivity index (χ1) is 16.7. The maximum atomic E-state index is 12.1. The molecule has 0 saturated heterocycles. The van der Waals surface area contributed by atoms with Gasteiger partial charge < -0.3 is 20.4 Å². The fourth-order valence-electron chi connectivity index (χ4n) is 3.45. The molecule has 35 heavy (non-hydrogen) atoms. The van der Waals surface area contributed by atoms with E-state index in [1.165, 1.54) is 13.8 Å². The molecular formula is C27H36N4O4. The van der Waals surface area contributed by atoms with Crippen LogP contribution in [0.4, 0.5) is 22.7 Å². The normalized spacial score (nSPS) is 10.4. The van der Waals surface area contributed by atoms with Crippen molar-refractivity contribution in [1.29, 1.82) is 0 Å². The monoisotopic (exact) mass is 480 g/mol. The molecule has 0 spiro atoms. The Morgan fingerprint density at radius 3 is 1.20 bits per heavy atom. The summed E-state index contributed by atoms with van der Waals surface area (Å²) in [5, 5.41) is 5.76. The summed E-state index contributed by atoms with van der Waals surface area (Å²) in [5.41, 5.74) is 2.98. The van der Waals surface area contributed by atoms with Crippen LogP contribution < -0.4 is 20.4 Å². The van der Waals surface area contributed by atoms with E-state index in [-0.39, 0.29) is 23.6 Å². The molecule has 0 aliphatic carbocycles. The van der Waals surface area contributed by atoms with Crippen LogP contribution in [0.1, 0.15) is 58.8 Å². The zero-order valence-corrected chi connectivity index (χ0v) is 21.1. The maximum absolute atomic E-state index is 12.1. The molecule has 2 N–H and O–H groups in total. The molecule has 0 aliphatic heterocycles. The van der Waals surface area contributed by atoms with Crippen LogP contribution in [0.15, 0.2) is 48.5 Å². The molecule has 2 aromatic carbocycles. The molecule has 0 bridgehead atoms. The Morgan fingerprint density at radius 2 is 0.886 bits per heavy atom. The average molecular weight is 481 g/mol. The number of amides is 4. The summed E-state index contributed by atoms with van der Waals surface area (Å²) in [6, 6.07) is 14.4. The molecule has 0 aliphatic rings. The molecule has 2 aromatic rings. The second-order valence-electron chi connectivity index (χ2n) is 8.61. The van der Waals surface area contributed by atoms with E-state index in [4.69, 9.17) is 0 Å². The van der Waals surface area contributed by atoms with Crippen LogP contribution in [0.25, 0.3) is 0 Å². The van der Waals surface area contributed by atoms with Gasteiger partial charge in [-0.2, -0.15) is 0 Å². The van der Waals surface area contributed by atoms with Gasteiger partial charge in [0.25, 0.3) is 0 Å². The lowest BCUT2D eigenvalue weighted by molar-refractivity contribution is -0.117. The molecule has 4 amide bonds. The highest BCUT2D eigenvalue weighted by Crippen LogP contribution is 2.19. The van der Waals surface area contributed by atoms with Gasteiger partial charge in [-0.05, 0) is 61.4 Å². The number of hydrogen-bond acceptors (Lipinski definition) is 4. The third kappa shape index (κ3) is 9.60. The smallest absolute Gasteiger partial charge is 0.224 e. The standard InChI is InChI=1S/C27H36N4O4/c1-20(32)30(3)24-16-12-22(13-17-24)28-26(34)10-8-6-5-7-9-11-27(35)29-23-14-18-25(19-15-23)31(4)21(2)33/h12-19H,5-11H2,1-4H3,(H,28,34)(H,29,35). The van der Waals surface area contributed by atoms with E-state index in [0.29, 0.717) is 24.2 Å². The number of carbonyl (C=O) groups is 4. The van der Waals surface area contributed by atoms with Crippen molar-refractivity contribution in [3.8, 4) is 0 Å². The van der Waals surface area contributed by atoms with Gasteiger partial charge in [-0.25, -0.2) is 0 Å². The van der Waals surface area contributed by atoms with Crippen molar-refractivity contribution in [2.75, 3.05) is 34.5 Å². The van der Waals surface area contributed by atoms with Gasteiger partial charge in [-0.3, -0.25) is 19.2 Å². The van der Waals surface area contributed by atoms with Crippen LogP contribution in [0, 0.1) is 0 Å². The van der Waals surface area contributed by atoms with Crippen molar-refractivity contribution in [3.63, 3.8) is 0 Å². The number of carbonyl (C=O) groups excluding carboxylic acids is 4. The molecule has 0 heterocycles. The van der Waals surface area contributed by atoms with E-state index in [1.807, 2.05) is 0 Å². The molecular weight excluding hydrogens is 444 g/mol. The van der Waals surface area contributed by atoms with Crippen molar-refractivity contribution in [3.05, 3.63) is 48.5 Å². The molecule has 0 unspecified atom stereocenters. The summed E-state index contributed by atoms with van der Waals surface area (Å²) < 4.78 is 0. The molecule has 0 fully saturated rings. The van der Waals surface area contributed by atoms with Crippen LogP contribution in [-0.4, -0.2) is 37.7 Å². The Hall–Kier alpha value is -3.68. The van der Waals surface area contributed by atoms with Gasteiger partial charge in [0.05, 0.1) is 0 Å². The average Bonchev–Trinajstić information content (AvgIpc) is 2.83. The quantitative estimate of drug-likeness (QED) is 0.420. The van der Waals surface area contributed by atoms with Crippen LogP contribution in [0.2, 0.25) is 0 Å². The highest BCUT2D eigenvalue weighted by Gasteiger charge is 2.08. The molecule has 0 saturated carbocycles. The summed E-state index contributed by atoms with van der Waals surface area (Å²) in [4.78, 5) is 50.2.